The van der Waals surface area contributed by atoms with Crippen LogP contribution in [0.5, 0.6) is 0 Å². The summed E-state index contributed by atoms with van der Waals surface area (Å²) in [5, 5.41) is 2.30. The summed E-state index contributed by atoms with van der Waals surface area (Å²) in [6, 6.07) is 10.8. The molecule has 0 aliphatic carbocycles. The van der Waals surface area contributed by atoms with Gasteiger partial charge in [-0.05, 0) is 30.3 Å². The van der Waals surface area contributed by atoms with Gasteiger partial charge < -0.3 is 5.32 Å². The Labute approximate surface area is 137 Å². The van der Waals surface area contributed by atoms with Gasteiger partial charge in [0, 0.05) is 11.1 Å². The summed E-state index contributed by atoms with van der Waals surface area (Å²) < 4.78 is 77.9. The summed E-state index contributed by atoms with van der Waals surface area (Å²) >= 11 is 0. The fourth-order valence-corrected chi connectivity index (χ4v) is 2.22. The summed E-state index contributed by atoms with van der Waals surface area (Å²) in [5.74, 6) is 0.0821. The summed E-state index contributed by atoms with van der Waals surface area (Å²) in [5.41, 5.74) is -3.12. The normalized spacial score (nSPS) is 12.4. The molecule has 0 saturated heterocycles. The number of nitrogens with one attached hydrogen (secondary N) is 1. The molecular formula is C16H9F6N3. The minimum Gasteiger partial charge on any atom is -0.340 e. The lowest BCUT2D eigenvalue weighted by atomic mass is 10.1. The predicted molar refractivity (Wildman–Crippen MR) is 79.3 cm³/mol. The maximum atomic E-state index is 13.1. The predicted octanol–water partition coefficient (Wildman–Crippen LogP) is 5.41. The Balaban J connectivity index is 2.14. The lowest BCUT2D eigenvalue weighted by molar-refractivity contribution is -0.144. The van der Waals surface area contributed by atoms with Gasteiger partial charge >= 0.3 is 12.4 Å². The number of halogens is 6. The minimum absolute atomic E-state index is 0.00564. The molecule has 2 heterocycles. The summed E-state index contributed by atoms with van der Waals surface area (Å²) in [6.07, 6.45) is -9.98. The van der Waals surface area contributed by atoms with Gasteiger partial charge in [0.1, 0.15) is 11.5 Å². The number of hydrogen-bond acceptors (Lipinski definition) is 3. The Kier molecular flexibility index (Phi) is 4.02. The summed E-state index contributed by atoms with van der Waals surface area (Å²) in [6.45, 7) is 0. The van der Waals surface area contributed by atoms with E-state index < -0.39 is 34.6 Å². The maximum absolute atomic E-state index is 13.1. The third kappa shape index (κ3) is 3.65. The van der Waals surface area contributed by atoms with Crippen LogP contribution >= 0.6 is 0 Å². The Morgan fingerprint density at radius 3 is 2.04 bits per heavy atom. The van der Waals surface area contributed by atoms with Gasteiger partial charge in [-0.25, -0.2) is 9.97 Å². The van der Waals surface area contributed by atoms with E-state index in [1.165, 1.54) is 6.07 Å². The van der Waals surface area contributed by atoms with Gasteiger partial charge in [0.2, 0.25) is 0 Å². The molecule has 9 heteroatoms. The third-order valence-electron chi connectivity index (χ3n) is 3.31. The maximum Gasteiger partial charge on any atom is 0.433 e. The number of aromatic nitrogens is 2. The van der Waals surface area contributed by atoms with Gasteiger partial charge in [-0.2, -0.15) is 26.3 Å². The highest BCUT2D eigenvalue weighted by atomic mass is 19.4. The van der Waals surface area contributed by atoms with Gasteiger partial charge in [-0.1, -0.05) is 18.2 Å². The standard InChI is InChI=1S/C16H9F6N3/c17-15(18,19)11-8-12(16(20,21)22)24-14-10(11)6-7-13(25-14)23-9-4-2-1-3-5-9/h1-8H,(H,23,24,25). The Morgan fingerprint density at radius 1 is 0.760 bits per heavy atom. The SMILES string of the molecule is FC(F)(F)c1cc(C(F)(F)F)c2ccc(Nc3ccccc3)nc2n1. The van der Waals surface area contributed by atoms with Crippen LogP contribution in [-0.2, 0) is 12.4 Å². The zero-order valence-corrected chi connectivity index (χ0v) is 12.3. The number of rotatable bonds is 2. The molecule has 0 amide bonds. The van der Waals surface area contributed by atoms with Crippen molar-refractivity contribution in [1.82, 2.24) is 9.97 Å². The molecule has 3 aromatic rings. The molecule has 2 aromatic heterocycles. The number of para-hydroxylation sites is 1. The van der Waals surface area contributed by atoms with Crippen LogP contribution in [0.4, 0.5) is 37.8 Å². The smallest absolute Gasteiger partial charge is 0.340 e. The summed E-state index contributed by atoms with van der Waals surface area (Å²) in [4.78, 5) is 7.04. The molecule has 25 heavy (non-hydrogen) atoms. The number of pyridine rings is 2. The molecule has 3 rings (SSSR count). The number of alkyl halides is 6. The van der Waals surface area contributed by atoms with Crippen molar-refractivity contribution < 1.29 is 26.3 Å². The molecule has 0 atom stereocenters. The fourth-order valence-electron chi connectivity index (χ4n) is 2.22. The van der Waals surface area contributed by atoms with Crippen LogP contribution in [-0.4, -0.2) is 9.97 Å². The van der Waals surface area contributed by atoms with E-state index in [0.717, 1.165) is 6.07 Å². The zero-order chi connectivity index (χ0) is 18.2. The highest BCUT2D eigenvalue weighted by molar-refractivity contribution is 5.82. The Hall–Kier alpha value is -2.84. The molecule has 1 aromatic carbocycles. The molecule has 3 nitrogen and oxygen atoms in total. The van der Waals surface area contributed by atoms with E-state index in [-0.39, 0.29) is 11.9 Å². The topological polar surface area (TPSA) is 37.8 Å². The van der Waals surface area contributed by atoms with Crippen LogP contribution in [0.15, 0.2) is 48.5 Å². The van der Waals surface area contributed by atoms with Crippen molar-refractivity contribution >= 4 is 22.5 Å². The van der Waals surface area contributed by atoms with Crippen molar-refractivity contribution in [2.45, 2.75) is 12.4 Å². The highest BCUT2D eigenvalue weighted by Crippen LogP contribution is 2.38. The van der Waals surface area contributed by atoms with Crippen molar-refractivity contribution in [2.75, 3.05) is 5.32 Å². The van der Waals surface area contributed by atoms with Crippen LogP contribution in [0.3, 0.4) is 0 Å². The van der Waals surface area contributed by atoms with Gasteiger partial charge in [-0.3, -0.25) is 0 Å². The largest absolute Gasteiger partial charge is 0.433 e. The molecule has 0 bridgehead atoms. The third-order valence-corrected chi connectivity index (χ3v) is 3.31. The van der Waals surface area contributed by atoms with Gasteiger partial charge in [0.15, 0.2) is 5.65 Å². The molecule has 0 aliphatic heterocycles. The number of nitrogens with zero attached hydrogens (tertiary/aromatic N) is 2. The van der Waals surface area contributed by atoms with Crippen LogP contribution in [0.25, 0.3) is 11.0 Å². The molecule has 130 valence electrons. The first-order chi connectivity index (χ1) is 11.6. The number of fused-ring (bicyclic) bond motifs is 1. The average Bonchev–Trinajstić information content (AvgIpc) is 2.53. The van der Waals surface area contributed by atoms with E-state index in [1.807, 2.05) is 0 Å². The van der Waals surface area contributed by atoms with Gasteiger partial charge in [0.25, 0.3) is 0 Å². The molecule has 0 radical (unpaired) electrons. The van der Waals surface area contributed by atoms with Crippen molar-refractivity contribution in [3.63, 3.8) is 0 Å². The van der Waals surface area contributed by atoms with Crippen molar-refractivity contribution in [3.8, 4) is 0 Å². The van der Waals surface area contributed by atoms with Gasteiger partial charge in [0.05, 0.1) is 5.56 Å². The lowest BCUT2D eigenvalue weighted by Crippen LogP contribution is -2.14. The van der Waals surface area contributed by atoms with Gasteiger partial charge in [-0.15, -0.1) is 0 Å². The number of anilines is 2. The highest BCUT2D eigenvalue weighted by Gasteiger charge is 2.39. The Morgan fingerprint density at radius 2 is 1.44 bits per heavy atom. The second kappa shape index (κ2) is 5.91. The monoisotopic (exact) mass is 357 g/mol. The summed E-state index contributed by atoms with van der Waals surface area (Å²) in [7, 11) is 0. The number of hydrogen-bond donors (Lipinski definition) is 1. The quantitative estimate of drug-likeness (QED) is 0.623. The van der Waals surface area contributed by atoms with Crippen LogP contribution in [0, 0.1) is 0 Å². The van der Waals surface area contributed by atoms with Crippen molar-refractivity contribution in [2.24, 2.45) is 0 Å². The van der Waals surface area contributed by atoms with Crippen molar-refractivity contribution in [3.05, 3.63) is 59.8 Å². The molecule has 0 fully saturated rings. The molecule has 0 unspecified atom stereocenters. The second-order valence-corrected chi connectivity index (χ2v) is 5.11. The molecule has 0 saturated carbocycles. The first-order valence-electron chi connectivity index (χ1n) is 6.93. The zero-order valence-electron chi connectivity index (χ0n) is 12.3. The molecular weight excluding hydrogens is 348 g/mol. The second-order valence-electron chi connectivity index (χ2n) is 5.11. The van der Waals surface area contributed by atoms with E-state index in [4.69, 9.17) is 0 Å². The average molecular weight is 357 g/mol. The fraction of sp³-hybridized carbons (Fsp3) is 0.125. The number of benzene rings is 1. The minimum atomic E-state index is -5.02. The lowest BCUT2D eigenvalue weighted by Gasteiger charge is -2.14. The van der Waals surface area contributed by atoms with E-state index in [1.54, 1.807) is 30.3 Å². The molecule has 1 N–H and O–H groups in total. The van der Waals surface area contributed by atoms with E-state index in [9.17, 15) is 26.3 Å². The van der Waals surface area contributed by atoms with Crippen LogP contribution < -0.4 is 5.32 Å². The first kappa shape index (κ1) is 17.0. The van der Waals surface area contributed by atoms with E-state index in [0.29, 0.717) is 5.69 Å². The Bertz CT molecular complexity index is 903. The van der Waals surface area contributed by atoms with Crippen LogP contribution in [0.2, 0.25) is 0 Å². The van der Waals surface area contributed by atoms with Crippen molar-refractivity contribution in [1.29, 1.82) is 0 Å². The van der Waals surface area contributed by atoms with E-state index in [2.05, 4.69) is 15.3 Å². The molecule has 0 spiro atoms. The first-order valence-corrected chi connectivity index (χ1v) is 6.93. The van der Waals surface area contributed by atoms with E-state index >= 15 is 0 Å². The van der Waals surface area contributed by atoms with Crippen LogP contribution in [0.1, 0.15) is 11.3 Å². The molecule has 0 aliphatic rings.